The third kappa shape index (κ3) is 4.06. The van der Waals surface area contributed by atoms with Gasteiger partial charge in [-0.15, -0.1) is 0 Å². The Morgan fingerprint density at radius 2 is 1.95 bits per heavy atom. The molecule has 1 aromatic carbocycles. The average molecular weight is 297 g/mol. The normalized spacial score (nSPS) is 20.3. The van der Waals surface area contributed by atoms with Crippen molar-refractivity contribution in [2.75, 3.05) is 18.1 Å². The van der Waals surface area contributed by atoms with Gasteiger partial charge in [-0.3, -0.25) is 4.79 Å². The van der Waals surface area contributed by atoms with Gasteiger partial charge >= 0.3 is 5.97 Å². The molecule has 1 fully saturated rings. The van der Waals surface area contributed by atoms with Crippen molar-refractivity contribution in [2.45, 2.75) is 12.5 Å². The second-order valence-corrected chi connectivity index (χ2v) is 6.84. The topological polar surface area (TPSA) is 89.5 Å². The minimum atomic E-state index is -3.04. The Kier molecular flexibility index (Phi) is 4.39. The van der Waals surface area contributed by atoms with Gasteiger partial charge < -0.3 is 10.1 Å². The fourth-order valence-corrected chi connectivity index (χ4v) is 3.64. The molecule has 1 N–H and O–H groups in total. The number of hydrogen-bond donors (Lipinski definition) is 1. The molecule has 7 heteroatoms. The predicted octanol–water partition coefficient (Wildman–Crippen LogP) is 0.147. The van der Waals surface area contributed by atoms with Crippen LogP contribution in [-0.2, 0) is 19.4 Å². The first-order valence-electron chi connectivity index (χ1n) is 6.18. The van der Waals surface area contributed by atoms with Crippen LogP contribution in [0, 0.1) is 0 Å². The third-order valence-corrected chi connectivity index (χ3v) is 4.71. The van der Waals surface area contributed by atoms with E-state index in [1.165, 1.54) is 0 Å². The van der Waals surface area contributed by atoms with Crippen LogP contribution < -0.4 is 5.32 Å². The first-order chi connectivity index (χ1) is 9.46. The highest BCUT2D eigenvalue weighted by Crippen LogP contribution is 2.11. The summed E-state index contributed by atoms with van der Waals surface area (Å²) in [6.07, 6.45) is 0.403. The summed E-state index contributed by atoms with van der Waals surface area (Å²) < 4.78 is 27.3. The minimum Gasteiger partial charge on any atom is -0.452 e. The minimum absolute atomic E-state index is 0.0502. The molecule has 6 nitrogen and oxygen atoms in total. The number of nitrogens with one attached hydrogen (secondary N) is 1. The number of carbonyl (C=O) groups excluding carboxylic acids is 2. The number of amides is 1. The van der Waals surface area contributed by atoms with Crippen LogP contribution in [0.25, 0.3) is 0 Å². The maximum Gasteiger partial charge on any atom is 0.338 e. The molecule has 1 aromatic rings. The fraction of sp³-hybridized carbons (Fsp3) is 0.385. The van der Waals surface area contributed by atoms with Gasteiger partial charge in [0.1, 0.15) is 0 Å². The van der Waals surface area contributed by atoms with Crippen molar-refractivity contribution in [3.63, 3.8) is 0 Å². The number of carbonyl (C=O) groups is 2. The van der Waals surface area contributed by atoms with Crippen LogP contribution in [0.4, 0.5) is 0 Å². The smallest absolute Gasteiger partial charge is 0.338 e. The van der Waals surface area contributed by atoms with Gasteiger partial charge in [0.15, 0.2) is 16.4 Å². The molecular formula is C13H15NO5S. The van der Waals surface area contributed by atoms with E-state index in [9.17, 15) is 18.0 Å². The Morgan fingerprint density at radius 1 is 1.25 bits per heavy atom. The number of hydrogen-bond acceptors (Lipinski definition) is 5. The molecule has 1 amide bonds. The zero-order valence-corrected chi connectivity index (χ0v) is 11.6. The van der Waals surface area contributed by atoms with E-state index in [1.54, 1.807) is 30.3 Å². The molecule has 20 heavy (non-hydrogen) atoms. The van der Waals surface area contributed by atoms with Crippen LogP contribution in [0.15, 0.2) is 30.3 Å². The van der Waals surface area contributed by atoms with Crippen LogP contribution in [0.3, 0.4) is 0 Å². The van der Waals surface area contributed by atoms with Gasteiger partial charge in [-0.1, -0.05) is 18.2 Å². The monoisotopic (exact) mass is 297 g/mol. The Hall–Kier alpha value is -1.89. The Balaban J connectivity index is 1.77. The van der Waals surface area contributed by atoms with Crippen LogP contribution in [0.1, 0.15) is 16.8 Å². The average Bonchev–Trinajstić information content (AvgIpc) is 2.76. The van der Waals surface area contributed by atoms with Crippen molar-refractivity contribution in [3.8, 4) is 0 Å². The van der Waals surface area contributed by atoms with Crippen LogP contribution >= 0.6 is 0 Å². The van der Waals surface area contributed by atoms with Gasteiger partial charge in [-0.05, 0) is 18.6 Å². The van der Waals surface area contributed by atoms with Crippen molar-refractivity contribution in [3.05, 3.63) is 35.9 Å². The summed E-state index contributed by atoms with van der Waals surface area (Å²) in [6.45, 7) is -0.412. The largest absolute Gasteiger partial charge is 0.452 e. The molecule has 1 heterocycles. The van der Waals surface area contributed by atoms with E-state index in [2.05, 4.69) is 5.32 Å². The van der Waals surface area contributed by atoms with E-state index in [1.807, 2.05) is 0 Å². The predicted molar refractivity (Wildman–Crippen MR) is 71.9 cm³/mol. The molecule has 2 rings (SSSR count). The highest BCUT2D eigenvalue weighted by molar-refractivity contribution is 7.91. The van der Waals surface area contributed by atoms with E-state index >= 15 is 0 Å². The summed E-state index contributed by atoms with van der Waals surface area (Å²) in [5.74, 6) is -1.04. The van der Waals surface area contributed by atoms with Gasteiger partial charge in [-0.2, -0.15) is 0 Å². The van der Waals surface area contributed by atoms with Crippen LogP contribution in [0.2, 0.25) is 0 Å². The van der Waals surface area contributed by atoms with E-state index < -0.39 is 28.3 Å². The molecule has 0 radical (unpaired) electrons. The van der Waals surface area contributed by atoms with Gasteiger partial charge in [0.2, 0.25) is 0 Å². The molecule has 0 aliphatic carbocycles. The summed E-state index contributed by atoms with van der Waals surface area (Å²) >= 11 is 0. The highest BCUT2D eigenvalue weighted by atomic mass is 32.2. The molecule has 1 aliphatic heterocycles. The lowest BCUT2D eigenvalue weighted by Crippen LogP contribution is -2.38. The lowest BCUT2D eigenvalue weighted by Gasteiger charge is -2.10. The first-order valence-corrected chi connectivity index (χ1v) is 8.00. The summed E-state index contributed by atoms with van der Waals surface area (Å²) in [5, 5.41) is 2.55. The SMILES string of the molecule is O=C(COC(=O)c1ccccc1)N[C@H]1CCS(=O)(=O)C1. The van der Waals surface area contributed by atoms with Gasteiger partial charge in [0.25, 0.3) is 5.91 Å². The third-order valence-electron chi connectivity index (χ3n) is 2.94. The van der Waals surface area contributed by atoms with E-state index in [4.69, 9.17) is 4.74 Å². The van der Waals surface area contributed by atoms with Gasteiger partial charge in [0, 0.05) is 6.04 Å². The molecule has 1 aliphatic rings. The molecular weight excluding hydrogens is 282 g/mol. The summed E-state index contributed by atoms with van der Waals surface area (Å²) in [6, 6.07) is 7.94. The quantitative estimate of drug-likeness (QED) is 0.799. The Morgan fingerprint density at radius 3 is 2.55 bits per heavy atom. The molecule has 0 saturated carbocycles. The van der Waals surface area contributed by atoms with Crippen molar-refractivity contribution in [2.24, 2.45) is 0 Å². The number of rotatable bonds is 4. The summed E-state index contributed by atoms with van der Waals surface area (Å²) in [5.41, 5.74) is 0.365. The van der Waals surface area contributed by atoms with Gasteiger partial charge in [-0.25, -0.2) is 13.2 Å². The molecule has 1 atom stereocenters. The second kappa shape index (κ2) is 6.04. The standard InChI is InChI=1S/C13H15NO5S/c15-12(14-11-6-7-20(17,18)9-11)8-19-13(16)10-4-2-1-3-5-10/h1-5,11H,6-9H2,(H,14,15)/t11-/m0/s1. The van der Waals surface area contributed by atoms with Crippen molar-refractivity contribution >= 4 is 21.7 Å². The Bertz CT molecular complexity index is 596. The number of ether oxygens (including phenoxy) is 1. The first kappa shape index (κ1) is 14.5. The molecule has 0 unspecified atom stereocenters. The van der Waals surface area contributed by atoms with Gasteiger partial charge in [0.05, 0.1) is 17.1 Å². The number of benzene rings is 1. The summed E-state index contributed by atoms with van der Waals surface area (Å²) in [7, 11) is -3.04. The fourth-order valence-electron chi connectivity index (χ4n) is 1.97. The molecule has 1 saturated heterocycles. The zero-order valence-electron chi connectivity index (χ0n) is 10.7. The van der Waals surface area contributed by atoms with Crippen molar-refractivity contribution in [1.29, 1.82) is 0 Å². The van der Waals surface area contributed by atoms with E-state index in [-0.39, 0.29) is 17.5 Å². The van der Waals surface area contributed by atoms with Crippen molar-refractivity contribution in [1.82, 2.24) is 5.32 Å². The van der Waals surface area contributed by atoms with Crippen LogP contribution in [-0.4, -0.2) is 44.4 Å². The maximum atomic E-state index is 11.6. The highest BCUT2D eigenvalue weighted by Gasteiger charge is 2.29. The lowest BCUT2D eigenvalue weighted by molar-refractivity contribution is -0.124. The van der Waals surface area contributed by atoms with E-state index in [0.29, 0.717) is 12.0 Å². The maximum absolute atomic E-state index is 11.6. The zero-order chi connectivity index (χ0) is 14.6. The molecule has 108 valence electrons. The molecule has 0 spiro atoms. The molecule has 0 aromatic heterocycles. The van der Waals surface area contributed by atoms with Crippen molar-refractivity contribution < 1.29 is 22.7 Å². The Labute approximate surface area is 117 Å². The second-order valence-electron chi connectivity index (χ2n) is 4.61. The lowest BCUT2D eigenvalue weighted by atomic mass is 10.2. The van der Waals surface area contributed by atoms with E-state index in [0.717, 1.165) is 0 Å². The summed E-state index contributed by atoms with van der Waals surface area (Å²) in [4.78, 5) is 23.2. The number of esters is 1. The van der Waals surface area contributed by atoms with Crippen LogP contribution in [0.5, 0.6) is 0 Å². The number of sulfone groups is 1. The molecule has 0 bridgehead atoms.